The molecule has 2 rings (SSSR count). The monoisotopic (exact) mass is 281 g/mol. The molecule has 0 saturated heterocycles. The van der Waals surface area contributed by atoms with Gasteiger partial charge in [0.1, 0.15) is 0 Å². The number of nitrogens with two attached hydrogens (primary N) is 1. The topological polar surface area (TPSA) is 60.2 Å². The Morgan fingerprint density at radius 2 is 2.06 bits per heavy atom. The first-order valence-electron chi connectivity index (χ1n) is 5.59. The largest absolute Gasteiger partial charge is 0.399 e. The Morgan fingerprint density at radius 1 is 1.28 bits per heavy atom. The third-order valence-electron chi connectivity index (χ3n) is 2.77. The second-order valence-electron chi connectivity index (χ2n) is 4.23. The smallest absolute Gasteiger partial charge is 0.178 e. The fourth-order valence-electron chi connectivity index (χ4n) is 1.82. The maximum atomic E-state index is 12.2. The van der Waals surface area contributed by atoms with Crippen molar-refractivity contribution in [2.24, 2.45) is 0 Å². The number of hydrogen-bond acceptors (Lipinski definition) is 4. The standard InChI is InChI=1S/C13H15NO2S2/c1-10-8-12(14)2-3-13(10)18(15,16)7-5-11-4-6-17-9-11/h2-4,6,8-9H,5,7,14H2,1H3. The number of thiophene rings is 1. The van der Waals surface area contributed by atoms with Gasteiger partial charge < -0.3 is 5.73 Å². The predicted octanol–water partition coefficient (Wildman–Crippen LogP) is 2.66. The normalized spacial score (nSPS) is 11.6. The van der Waals surface area contributed by atoms with E-state index in [1.807, 2.05) is 16.8 Å². The van der Waals surface area contributed by atoms with E-state index in [2.05, 4.69) is 0 Å². The van der Waals surface area contributed by atoms with E-state index in [0.29, 0.717) is 22.6 Å². The molecule has 18 heavy (non-hydrogen) atoms. The van der Waals surface area contributed by atoms with Gasteiger partial charge in [-0.15, -0.1) is 0 Å². The van der Waals surface area contributed by atoms with E-state index in [1.165, 1.54) is 0 Å². The Labute approximate surface area is 111 Å². The summed E-state index contributed by atoms with van der Waals surface area (Å²) in [6.45, 7) is 1.77. The molecular weight excluding hydrogens is 266 g/mol. The SMILES string of the molecule is Cc1cc(N)ccc1S(=O)(=O)CCc1ccsc1. The van der Waals surface area contributed by atoms with Crippen LogP contribution in [0.1, 0.15) is 11.1 Å². The molecule has 96 valence electrons. The number of benzene rings is 1. The van der Waals surface area contributed by atoms with Crippen LogP contribution >= 0.6 is 11.3 Å². The lowest BCUT2D eigenvalue weighted by Crippen LogP contribution is -2.10. The molecule has 1 heterocycles. The lowest BCUT2D eigenvalue weighted by atomic mass is 10.2. The van der Waals surface area contributed by atoms with Crippen LogP contribution in [-0.2, 0) is 16.3 Å². The van der Waals surface area contributed by atoms with Crippen LogP contribution in [0.5, 0.6) is 0 Å². The predicted molar refractivity (Wildman–Crippen MR) is 75.7 cm³/mol. The first kappa shape index (κ1) is 13.1. The van der Waals surface area contributed by atoms with Crippen molar-refractivity contribution in [3.63, 3.8) is 0 Å². The minimum Gasteiger partial charge on any atom is -0.399 e. The van der Waals surface area contributed by atoms with E-state index in [1.54, 1.807) is 36.5 Å². The van der Waals surface area contributed by atoms with Gasteiger partial charge in [0.25, 0.3) is 0 Å². The molecular formula is C13H15NO2S2. The van der Waals surface area contributed by atoms with Gasteiger partial charge in [-0.3, -0.25) is 0 Å². The zero-order valence-corrected chi connectivity index (χ0v) is 11.7. The van der Waals surface area contributed by atoms with Crippen molar-refractivity contribution in [3.8, 4) is 0 Å². The molecule has 0 atom stereocenters. The highest BCUT2D eigenvalue weighted by Gasteiger charge is 2.17. The van der Waals surface area contributed by atoms with Gasteiger partial charge in [0.2, 0.25) is 0 Å². The van der Waals surface area contributed by atoms with E-state index in [4.69, 9.17) is 5.73 Å². The van der Waals surface area contributed by atoms with Crippen LogP contribution in [0.2, 0.25) is 0 Å². The Hall–Kier alpha value is -1.33. The first-order chi connectivity index (χ1) is 8.49. The summed E-state index contributed by atoms with van der Waals surface area (Å²) in [5, 5.41) is 3.93. The molecule has 5 heteroatoms. The second kappa shape index (κ2) is 5.12. The molecule has 0 aliphatic rings. The quantitative estimate of drug-likeness (QED) is 0.876. The van der Waals surface area contributed by atoms with Crippen LogP contribution in [0.3, 0.4) is 0 Å². The van der Waals surface area contributed by atoms with Crippen LogP contribution in [0.25, 0.3) is 0 Å². The minimum absolute atomic E-state index is 0.133. The Balaban J connectivity index is 2.20. The molecule has 1 aromatic carbocycles. The maximum Gasteiger partial charge on any atom is 0.178 e. The van der Waals surface area contributed by atoms with Crippen molar-refractivity contribution in [2.45, 2.75) is 18.2 Å². The Morgan fingerprint density at radius 3 is 2.67 bits per heavy atom. The summed E-state index contributed by atoms with van der Waals surface area (Å²) in [7, 11) is -3.23. The van der Waals surface area contributed by atoms with Crippen molar-refractivity contribution in [1.29, 1.82) is 0 Å². The molecule has 0 fully saturated rings. The van der Waals surface area contributed by atoms with Gasteiger partial charge in [0.15, 0.2) is 9.84 Å². The number of aryl methyl sites for hydroxylation is 2. The Bertz CT molecular complexity index is 631. The third-order valence-corrected chi connectivity index (χ3v) is 5.38. The summed E-state index contributed by atoms with van der Waals surface area (Å²) in [6.07, 6.45) is 0.551. The number of rotatable bonds is 4. The highest BCUT2D eigenvalue weighted by atomic mass is 32.2. The summed E-state index contributed by atoms with van der Waals surface area (Å²) < 4.78 is 24.4. The fraction of sp³-hybridized carbons (Fsp3) is 0.231. The molecule has 2 N–H and O–H groups in total. The van der Waals surface area contributed by atoms with E-state index in [-0.39, 0.29) is 5.75 Å². The summed E-state index contributed by atoms with van der Waals surface area (Å²) >= 11 is 1.58. The van der Waals surface area contributed by atoms with Crippen LogP contribution in [0, 0.1) is 6.92 Å². The lowest BCUT2D eigenvalue weighted by Gasteiger charge is -2.08. The van der Waals surface area contributed by atoms with Crippen molar-refractivity contribution < 1.29 is 8.42 Å². The number of hydrogen-bond donors (Lipinski definition) is 1. The van der Waals surface area contributed by atoms with Crippen molar-refractivity contribution in [2.75, 3.05) is 11.5 Å². The fourth-order valence-corrected chi connectivity index (χ4v) is 4.07. The minimum atomic E-state index is -3.23. The molecule has 0 spiro atoms. The molecule has 2 aromatic rings. The van der Waals surface area contributed by atoms with Crippen molar-refractivity contribution in [1.82, 2.24) is 0 Å². The third kappa shape index (κ3) is 2.91. The van der Waals surface area contributed by atoms with Crippen molar-refractivity contribution >= 4 is 26.9 Å². The first-order valence-corrected chi connectivity index (χ1v) is 8.18. The number of anilines is 1. The van der Waals surface area contributed by atoms with Gasteiger partial charge in [-0.1, -0.05) is 0 Å². The highest BCUT2D eigenvalue weighted by molar-refractivity contribution is 7.91. The average Bonchev–Trinajstić information content (AvgIpc) is 2.78. The van der Waals surface area contributed by atoms with Crippen molar-refractivity contribution in [3.05, 3.63) is 46.2 Å². The molecule has 0 aliphatic heterocycles. The van der Waals surface area contributed by atoms with E-state index < -0.39 is 9.84 Å². The number of nitrogen functional groups attached to an aromatic ring is 1. The molecule has 0 bridgehead atoms. The van der Waals surface area contributed by atoms with E-state index in [0.717, 1.165) is 5.56 Å². The van der Waals surface area contributed by atoms with Gasteiger partial charge in [-0.05, 0) is 59.5 Å². The van der Waals surface area contributed by atoms with E-state index in [9.17, 15) is 8.42 Å². The summed E-state index contributed by atoms with van der Waals surface area (Å²) in [5.41, 5.74) is 7.99. The number of sulfone groups is 1. The molecule has 3 nitrogen and oxygen atoms in total. The zero-order chi connectivity index (χ0) is 13.2. The lowest BCUT2D eigenvalue weighted by molar-refractivity contribution is 0.595. The molecule has 0 unspecified atom stereocenters. The molecule has 0 aliphatic carbocycles. The van der Waals surface area contributed by atoms with Gasteiger partial charge in [0.05, 0.1) is 10.6 Å². The maximum absolute atomic E-state index is 12.2. The molecule has 0 amide bonds. The summed E-state index contributed by atoms with van der Waals surface area (Å²) in [5.74, 6) is 0.133. The van der Waals surface area contributed by atoms with Crippen LogP contribution in [-0.4, -0.2) is 14.2 Å². The van der Waals surface area contributed by atoms with Crippen LogP contribution < -0.4 is 5.73 Å². The zero-order valence-electron chi connectivity index (χ0n) is 10.1. The summed E-state index contributed by atoms with van der Waals surface area (Å²) in [6, 6.07) is 6.87. The average molecular weight is 281 g/mol. The summed E-state index contributed by atoms with van der Waals surface area (Å²) in [4.78, 5) is 0.381. The molecule has 0 radical (unpaired) electrons. The molecule has 0 saturated carbocycles. The highest BCUT2D eigenvalue weighted by Crippen LogP contribution is 2.20. The van der Waals surface area contributed by atoms with E-state index >= 15 is 0 Å². The second-order valence-corrected chi connectivity index (χ2v) is 7.08. The van der Waals surface area contributed by atoms with Gasteiger partial charge in [-0.25, -0.2) is 8.42 Å². The van der Waals surface area contributed by atoms with Crippen LogP contribution in [0.15, 0.2) is 39.9 Å². The van der Waals surface area contributed by atoms with Crippen LogP contribution in [0.4, 0.5) is 5.69 Å². The molecule has 1 aromatic heterocycles. The van der Waals surface area contributed by atoms with Gasteiger partial charge in [0, 0.05) is 5.69 Å². The van der Waals surface area contributed by atoms with Gasteiger partial charge >= 0.3 is 0 Å². The van der Waals surface area contributed by atoms with Gasteiger partial charge in [-0.2, -0.15) is 11.3 Å². The Kier molecular flexibility index (Phi) is 3.73.